The van der Waals surface area contributed by atoms with Gasteiger partial charge in [0.05, 0.1) is 16.5 Å². The lowest BCUT2D eigenvalue weighted by molar-refractivity contribution is 0.0935. The highest BCUT2D eigenvalue weighted by molar-refractivity contribution is 7.89. The quantitative estimate of drug-likeness (QED) is 0.803. The lowest BCUT2D eigenvalue weighted by Crippen LogP contribution is -2.31. The molecular formula is C19H23FN2O3S. The molecule has 0 spiro atoms. The van der Waals surface area contributed by atoms with Crippen molar-refractivity contribution < 1.29 is 17.6 Å². The Morgan fingerprint density at radius 2 is 1.73 bits per heavy atom. The van der Waals surface area contributed by atoms with Gasteiger partial charge < -0.3 is 5.32 Å². The van der Waals surface area contributed by atoms with E-state index in [1.54, 1.807) is 20.8 Å². The van der Waals surface area contributed by atoms with Gasteiger partial charge in [-0.05, 0) is 30.7 Å². The molecule has 0 aromatic heterocycles. The molecule has 0 aliphatic heterocycles. The van der Waals surface area contributed by atoms with Crippen LogP contribution in [-0.4, -0.2) is 31.7 Å². The van der Waals surface area contributed by atoms with Gasteiger partial charge in [0.25, 0.3) is 5.91 Å². The number of hydrogen-bond donors (Lipinski definition) is 1. The largest absolute Gasteiger partial charge is 0.345 e. The van der Waals surface area contributed by atoms with Gasteiger partial charge in [-0.15, -0.1) is 0 Å². The second kappa shape index (κ2) is 8.42. The first kappa shape index (κ1) is 20.1. The highest BCUT2D eigenvalue weighted by Gasteiger charge is 2.24. The minimum absolute atomic E-state index is 0.0971. The lowest BCUT2D eigenvalue weighted by Gasteiger charge is -2.19. The summed E-state index contributed by atoms with van der Waals surface area (Å²) < 4.78 is 40.6. The van der Waals surface area contributed by atoms with Crippen molar-refractivity contribution in [2.45, 2.75) is 31.7 Å². The Morgan fingerprint density at radius 1 is 1.12 bits per heavy atom. The second-order valence-corrected chi connectivity index (χ2v) is 7.77. The summed E-state index contributed by atoms with van der Waals surface area (Å²) in [5.74, 6) is -1.42. The van der Waals surface area contributed by atoms with Crippen LogP contribution in [0.4, 0.5) is 4.39 Å². The Kier molecular flexibility index (Phi) is 6.50. The third kappa shape index (κ3) is 4.28. The van der Waals surface area contributed by atoms with E-state index in [-0.39, 0.29) is 16.5 Å². The summed E-state index contributed by atoms with van der Waals surface area (Å²) in [4.78, 5) is 12.4. The fraction of sp³-hybridized carbons (Fsp3) is 0.316. The van der Waals surface area contributed by atoms with Crippen LogP contribution in [-0.2, 0) is 10.0 Å². The molecule has 0 saturated heterocycles. The van der Waals surface area contributed by atoms with Gasteiger partial charge in [-0.2, -0.15) is 4.31 Å². The Hall–Kier alpha value is -2.25. The van der Waals surface area contributed by atoms with E-state index in [9.17, 15) is 17.6 Å². The summed E-state index contributed by atoms with van der Waals surface area (Å²) in [6, 6.07) is 12.2. The molecule has 0 aliphatic carbocycles. The van der Waals surface area contributed by atoms with Gasteiger partial charge in [0.15, 0.2) is 0 Å². The number of halogens is 1. The predicted molar refractivity (Wildman–Crippen MR) is 98.8 cm³/mol. The average molecular weight is 378 g/mol. The number of hydrogen-bond acceptors (Lipinski definition) is 3. The molecule has 1 amide bonds. The van der Waals surface area contributed by atoms with Crippen LogP contribution in [0.25, 0.3) is 0 Å². The van der Waals surface area contributed by atoms with Gasteiger partial charge >= 0.3 is 0 Å². The molecule has 5 nitrogen and oxygen atoms in total. The Balaban J connectivity index is 2.31. The molecule has 2 aromatic rings. The summed E-state index contributed by atoms with van der Waals surface area (Å²) in [5.41, 5.74) is 0.578. The summed E-state index contributed by atoms with van der Waals surface area (Å²) >= 11 is 0. The van der Waals surface area contributed by atoms with E-state index in [4.69, 9.17) is 0 Å². The monoisotopic (exact) mass is 378 g/mol. The third-order valence-corrected chi connectivity index (χ3v) is 6.22. The first-order valence-electron chi connectivity index (χ1n) is 8.46. The molecule has 0 bridgehead atoms. The van der Waals surface area contributed by atoms with E-state index >= 15 is 0 Å². The molecular weight excluding hydrogens is 355 g/mol. The highest BCUT2D eigenvalue weighted by atomic mass is 32.2. The molecule has 2 rings (SSSR count). The first-order chi connectivity index (χ1) is 12.3. The summed E-state index contributed by atoms with van der Waals surface area (Å²) in [5, 5.41) is 2.70. The topological polar surface area (TPSA) is 66.5 Å². The van der Waals surface area contributed by atoms with E-state index in [1.165, 1.54) is 10.4 Å². The third-order valence-electron chi connectivity index (χ3n) is 4.17. The van der Waals surface area contributed by atoms with Gasteiger partial charge in [-0.25, -0.2) is 12.8 Å². The van der Waals surface area contributed by atoms with Crippen molar-refractivity contribution in [1.29, 1.82) is 0 Å². The fourth-order valence-corrected chi connectivity index (χ4v) is 4.14. The van der Waals surface area contributed by atoms with Crippen LogP contribution in [0.15, 0.2) is 53.4 Å². The lowest BCUT2D eigenvalue weighted by atomic mass is 10.1. The van der Waals surface area contributed by atoms with Crippen molar-refractivity contribution >= 4 is 15.9 Å². The molecule has 26 heavy (non-hydrogen) atoms. The zero-order valence-electron chi connectivity index (χ0n) is 15.1. The minimum Gasteiger partial charge on any atom is -0.345 e. The minimum atomic E-state index is -3.77. The van der Waals surface area contributed by atoms with Crippen LogP contribution in [0, 0.1) is 5.82 Å². The number of benzene rings is 2. The van der Waals surface area contributed by atoms with Gasteiger partial charge in [0.2, 0.25) is 10.0 Å². The molecule has 0 radical (unpaired) electrons. The van der Waals surface area contributed by atoms with Gasteiger partial charge in [0, 0.05) is 13.1 Å². The molecule has 0 saturated carbocycles. The van der Waals surface area contributed by atoms with E-state index in [0.717, 1.165) is 17.7 Å². The zero-order chi connectivity index (χ0) is 19.3. The molecule has 1 unspecified atom stereocenters. The van der Waals surface area contributed by atoms with Crippen LogP contribution in [0.5, 0.6) is 0 Å². The van der Waals surface area contributed by atoms with E-state index < -0.39 is 21.7 Å². The maximum absolute atomic E-state index is 14.2. The summed E-state index contributed by atoms with van der Waals surface area (Å²) in [6.45, 7) is 5.81. The van der Waals surface area contributed by atoms with Crippen LogP contribution < -0.4 is 5.32 Å². The highest BCUT2D eigenvalue weighted by Crippen LogP contribution is 2.20. The van der Waals surface area contributed by atoms with Crippen LogP contribution in [0.2, 0.25) is 0 Å². The van der Waals surface area contributed by atoms with E-state index in [2.05, 4.69) is 5.32 Å². The van der Waals surface area contributed by atoms with Crippen molar-refractivity contribution in [3.63, 3.8) is 0 Å². The molecule has 7 heteroatoms. The van der Waals surface area contributed by atoms with Crippen molar-refractivity contribution in [3.05, 3.63) is 65.5 Å². The van der Waals surface area contributed by atoms with Gasteiger partial charge in [0.1, 0.15) is 5.82 Å². The molecule has 1 atom stereocenters. The van der Waals surface area contributed by atoms with E-state index in [0.29, 0.717) is 13.1 Å². The van der Waals surface area contributed by atoms with Crippen molar-refractivity contribution in [1.82, 2.24) is 9.62 Å². The Morgan fingerprint density at radius 3 is 2.31 bits per heavy atom. The van der Waals surface area contributed by atoms with Crippen molar-refractivity contribution in [3.8, 4) is 0 Å². The number of amides is 1. The number of carbonyl (C=O) groups excluding carboxylic acids is 1. The van der Waals surface area contributed by atoms with Crippen LogP contribution >= 0.6 is 0 Å². The fourth-order valence-electron chi connectivity index (χ4n) is 2.65. The van der Waals surface area contributed by atoms with Crippen molar-refractivity contribution in [2.75, 3.05) is 13.1 Å². The van der Waals surface area contributed by atoms with Crippen LogP contribution in [0.1, 0.15) is 42.7 Å². The zero-order valence-corrected chi connectivity index (χ0v) is 15.9. The average Bonchev–Trinajstić information content (AvgIpc) is 2.63. The molecule has 2 aromatic carbocycles. The van der Waals surface area contributed by atoms with Crippen LogP contribution in [0.3, 0.4) is 0 Å². The first-order valence-corrected chi connectivity index (χ1v) is 9.90. The normalized spacial score (nSPS) is 12.8. The maximum atomic E-state index is 14.2. The smallest absolute Gasteiger partial charge is 0.254 e. The van der Waals surface area contributed by atoms with Crippen molar-refractivity contribution in [2.24, 2.45) is 0 Å². The standard InChI is InChI=1S/C19H23FN2O3S/c1-4-22(5-2)26(24,25)16-11-12-18(20)17(13-16)19(23)21-14(3)15-9-7-6-8-10-15/h6-14H,4-5H2,1-3H3,(H,21,23). The number of sulfonamides is 1. The number of nitrogens with zero attached hydrogens (tertiary/aromatic N) is 1. The molecule has 1 N–H and O–H groups in total. The number of rotatable bonds is 7. The van der Waals surface area contributed by atoms with E-state index in [1.807, 2.05) is 30.3 Å². The summed E-state index contributed by atoms with van der Waals surface area (Å²) in [6.07, 6.45) is 0. The SMILES string of the molecule is CCN(CC)S(=O)(=O)c1ccc(F)c(C(=O)NC(C)c2ccccc2)c1. The number of nitrogens with one attached hydrogen (secondary N) is 1. The predicted octanol–water partition coefficient (Wildman–Crippen LogP) is 3.35. The molecule has 0 heterocycles. The molecule has 0 fully saturated rings. The second-order valence-electron chi connectivity index (χ2n) is 5.84. The molecule has 0 aliphatic rings. The molecule has 140 valence electrons. The number of carbonyl (C=O) groups is 1. The Bertz CT molecular complexity index is 866. The van der Waals surface area contributed by atoms with Gasteiger partial charge in [-0.3, -0.25) is 4.79 Å². The summed E-state index contributed by atoms with van der Waals surface area (Å²) in [7, 11) is -3.77. The van der Waals surface area contributed by atoms with Gasteiger partial charge in [-0.1, -0.05) is 44.2 Å². The maximum Gasteiger partial charge on any atom is 0.254 e. The Labute approximate surface area is 153 Å².